The second-order valence-corrected chi connectivity index (χ2v) is 10.5. The summed E-state index contributed by atoms with van der Waals surface area (Å²) in [5.74, 6) is -1.90. The van der Waals surface area contributed by atoms with Crippen LogP contribution in [0.3, 0.4) is 0 Å². The summed E-state index contributed by atoms with van der Waals surface area (Å²) >= 11 is 12.9. The van der Waals surface area contributed by atoms with Crippen LogP contribution in [0, 0.1) is 0 Å². The summed E-state index contributed by atoms with van der Waals surface area (Å²) in [5.41, 5.74) is 4.67. The van der Waals surface area contributed by atoms with Gasteiger partial charge in [-0.3, -0.25) is 4.79 Å². The lowest BCUT2D eigenvalue weighted by Gasteiger charge is -2.18. The fourth-order valence-corrected chi connectivity index (χ4v) is 5.56. The summed E-state index contributed by atoms with van der Waals surface area (Å²) in [7, 11) is 0. The highest BCUT2D eigenvalue weighted by Gasteiger charge is 2.26. The van der Waals surface area contributed by atoms with Gasteiger partial charge in [0.25, 0.3) is 5.91 Å². The van der Waals surface area contributed by atoms with Crippen LogP contribution in [0.2, 0.25) is 10.0 Å². The normalized spacial score (nSPS) is 14.6. The minimum absolute atomic E-state index is 0.0339. The Bertz CT molecular complexity index is 1570. The van der Waals surface area contributed by atoms with Crippen LogP contribution in [0.5, 0.6) is 0 Å². The topological polar surface area (TPSA) is 125 Å². The molecule has 4 N–H and O–H groups in total. The van der Waals surface area contributed by atoms with Crippen molar-refractivity contribution < 1.29 is 19.5 Å². The van der Waals surface area contributed by atoms with E-state index in [1.54, 1.807) is 29.2 Å². The number of halogens is 2. The van der Waals surface area contributed by atoms with Gasteiger partial charge in [-0.05, 0) is 36.1 Å². The molecule has 1 aliphatic rings. The van der Waals surface area contributed by atoms with Gasteiger partial charge in [-0.15, -0.1) is 0 Å². The van der Waals surface area contributed by atoms with Gasteiger partial charge in [0.1, 0.15) is 6.04 Å². The number of amides is 3. The maximum Gasteiger partial charge on any atom is 0.328 e. The molecule has 2 atom stereocenters. The first-order valence-electron chi connectivity index (χ1n) is 13.0. The number of hydrogen-bond donors (Lipinski definition) is 4. The number of urea groups is 1. The maximum absolute atomic E-state index is 13.0. The molecule has 5 rings (SSSR count). The van der Waals surface area contributed by atoms with E-state index >= 15 is 0 Å². The van der Waals surface area contributed by atoms with Crippen LogP contribution in [0.25, 0.3) is 16.9 Å². The molecule has 0 radical (unpaired) electrons. The molecule has 1 aromatic heterocycles. The van der Waals surface area contributed by atoms with Crippen LogP contribution in [0.15, 0.2) is 79.3 Å². The molecule has 1 aliphatic carbocycles. The lowest BCUT2D eigenvalue weighted by molar-refractivity contribution is -0.139. The predicted molar refractivity (Wildman–Crippen MR) is 157 cm³/mol. The Morgan fingerprint density at radius 3 is 2.44 bits per heavy atom. The van der Waals surface area contributed by atoms with Gasteiger partial charge >= 0.3 is 12.0 Å². The van der Waals surface area contributed by atoms with E-state index in [4.69, 9.17) is 23.2 Å². The lowest BCUT2D eigenvalue weighted by Crippen LogP contribution is -2.50. The number of carbonyl (C=O) groups excluding carboxylic acids is 2. The number of imidazole rings is 1. The molecular weight excluding hydrogens is 565 g/mol. The van der Waals surface area contributed by atoms with E-state index in [0.717, 1.165) is 24.1 Å². The molecule has 41 heavy (non-hydrogen) atoms. The van der Waals surface area contributed by atoms with Gasteiger partial charge in [-0.2, -0.15) is 0 Å². The summed E-state index contributed by atoms with van der Waals surface area (Å²) in [4.78, 5) is 41.7. The van der Waals surface area contributed by atoms with Crippen molar-refractivity contribution in [2.24, 2.45) is 0 Å². The van der Waals surface area contributed by atoms with Crippen molar-refractivity contribution in [1.82, 2.24) is 25.5 Å². The SMILES string of the molecule is O=C(NCC1CCc2ccccc21)NC[C@H](NC(=O)c1c(Cl)cc(-n2cnc(-c3ccccc3)c2)cc1Cl)C(=O)O. The largest absolute Gasteiger partial charge is 0.480 e. The molecule has 0 bridgehead atoms. The number of benzene rings is 3. The van der Waals surface area contributed by atoms with Crippen LogP contribution >= 0.6 is 23.2 Å². The Hall–Kier alpha value is -4.34. The van der Waals surface area contributed by atoms with E-state index in [1.165, 1.54) is 11.1 Å². The van der Waals surface area contributed by atoms with E-state index in [1.807, 2.05) is 42.5 Å². The van der Waals surface area contributed by atoms with Crippen molar-refractivity contribution in [2.75, 3.05) is 13.1 Å². The standard InChI is InChI=1S/C30H27Cl2N5O4/c31-23-12-21(37-16-26(35-17-37)19-7-2-1-3-8-19)13-24(32)27(23)28(38)36-25(29(39)40)15-34-30(41)33-14-20-11-10-18-6-4-5-9-22(18)20/h1-9,12-13,16-17,20,25H,10-11,14-15H2,(H,36,38)(H,39,40)(H2,33,34,41)/t20?,25-/m0/s1. The number of carbonyl (C=O) groups is 3. The number of aryl methyl sites for hydroxylation is 1. The summed E-state index contributed by atoms with van der Waals surface area (Å²) in [5, 5.41) is 17.4. The number of carboxylic acid groups (broad SMARTS) is 1. The smallest absolute Gasteiger partial charge is 0.328 e. The quantitative estimate of drug-likeness (QED) is 0.216. The van der Waals surface area contributed by atoms with Gasteiger partial charge in [-0.1, -0.05) is 77.8 Å². The monoisotopic (exact) mass is 591 g/mol. The molecule has 9 nitrogen and oxygen atoms in total. The van der Waals surface area contributed by atoms with Crippen LogP contribution in [0.4, 0.5) is 4.79 Å². The number of carboxylic acids is 1. The number of rotatable bonds is 9. The molecule has 3 aromatic carbocycles. The zero-order valence-corrected chi connectivity index (χ0v) is 23.3. The number of aromatic nitrogens is 2. The van der Waals surface area contributed by atoms with Crippen molar-refractivity contribution in [3.63, 3.8) is 0 Å². The number of nitrogens with one attached hydrogen (secondary N) is 3. The number of aliphatic carboxylic acids is 1. The molecule has 3 amide bonds. The van der Waals surface area contributed by atoms with Crippen LogP contribution < -0.4 is 16.0 Å². The Kier molecular flexibility index (Phi) is 8.56. The molecule has 1 unspecified atom stereocenters. The van der Waals surface area contributed by atoms with Gasteiger partial charge in [0.2, 0.25) is 0 Å². The molecule has 0 saturated heterocycles. The fraction of sp³-hybridized carbons (Fsp3) is 0.200. The molecule has 0 spiro atoms. The summed E-state index contributed by atoms with van der Waals surface area (Å²) in [6, 6.07) is 18.9. The van der Waals surface area contributed by atoms with Gasteiger partial charge in [-0.25, -0.2) is 14.6 Å². The van der Waals surface area contributed by atoms with Crippen LogP contribution in [0.1, 0.15) is 33.8 Å². The second kappa shape index (κ2) is 12.4. The van der Waals surface area contributed by atoms with Crippen LogP contribution in [-0.2, 0) is 11.2 Å². The Morgan fingerprint density at radius 1 is 1.00 bits per heavy atom. The van der Waals surface area contributed by atoms with Crippen molar-refractivity contribution in [2.45, 2.75) is 24.8 Å². The number of hydrogen-bond acceptors (Lipinski definition) is 4. The molecule has 11 heteroatoms. The number of fused-ring (bicyclic) bond motifs is 1. The molecule has 1 heterocycles. The summed E-state index contributed by atoms with van der Waals surface area (Å²) in [6.07, 6.45) is 5.30. The highest BCUT2D eigenvalue weighted by Crippen LogP contribution is 2.32. The van der Waals surface area contributed by atoms with E-state index in [-0.39, 0.29) is 28.1 Å². The van der Waals surface area contributed by atoms with E-state index in [9.17, 15) is 19.5 Å². The number of nitrogens with zero attached hydrogens (tertiary/aromatic N) is 2. The fourth-order valence-electron chi connectivity index (χ4n) is 4.91. The highest BCUT2D eigenvalue weighted by atomic mass is 35.5. The molecule has 0 aliphatic heterocycles. The summed E-state index contributed by atoms with van der Waals surface area (Å²) < 4.78 is 1.72. The molecule has 4 aromatic rings. The third kappa shape index (κ3) is 6.53. The van der Waals surface area contributed by atoms with E-state index < -0.39 is 23.9 Å². The van der Waals surface area contributed by atoms with Crippen molar-refractivity contribution in [3.05, 3.63) is 106 Å². The maximum atomic E-state index is 13.0. The zero-order valence-electron chi connectivity index (χ0n) is 21.8. The van der Waals surface area contributed by atoms with Crippen molar-refractivity contribution in [3.8, 4) is 16.9 Å². The Balaban J connectivity index is 1.19. The average Bonchev–Trinajstić information content (AvgIpc) is 3.62. The van der Waals surface area contributed by atoms with Gasteiger partial charge in [0.05, 0.1) is 34.2 Å². The van der Waals surface area contributed by atoms with E-state index in [2.05, 4.69) is 33.1 Å². The average molecular weight is 592 g/mol. The minimum Gasteiger partial charge on any atom is -0.480 e. The van der Waals surface area contributed by atoms with Crippen LogP contribution in [-0.4, -0.2) is 51.7 Å². The zero-order chi connectivity index (χ0) is 28.9. The van der Waals surface area contributed by atoms with Gasteiger partial charge in [0, 0.05) is 29.9 Å². The molecule has 0 saturated carbocycles. The Morgan fingerprint density at radius 2 is 1.71 bits per heavy atom. The third-order valence-electron chi connectivity index (χ3n) is 7.04. The Labute approximate surface area is 246 Å². The van der Waals surface area contributed by atoms with Crippen molar-refractivity contribution in [1.29, 1.82) is 0 Å². The molecule has 210 valence electrons. The molecular formula is C30H27Cl2N5O4. The first-order chi connectivity index (χ1) is 19.8. The van der Waals surface area contributed by atoms with E-state index in [0.29, 0.717) is 12.2 Å². The van der Waals surface area contributed by atoms with Gasteiger partial charge in [0.15, 0.2) is 0 Å². The van der Waals surface area contributed by atoms with Crippen molar-refractivity contribution >= 4 is 41.1 Å². The minimum atomic E-state index is -1.41. The highest BCUT2D eigenvalue weighted by molar-refractivity contribution is 6.40. The predicted octanol–water partition coefficient (Wildman–Crippen LogP) is 5.06. The summed E-state index contributed by atoms with van der Waals surface area (Å²) in [6.45, 7) is 0.0903. The third-order valence-corrected chi connectivity index (χ3v) is 7.64. The van der Waals surface area contributed by atoms with Gasteiger partial charge < -0.3 is 25.6 Å². The molecule has 0 fully saturated rings. The first kappa shape index (κ1) is 28.2. The second-order valence-electron chi connectivity index (χ2n) is 9.71. The lowest BCUT2D eigenvalue weighted by atomic mass is 10.0. The first-order valence-corrected chi connectivity index (χ1v) is 13.8.